The monoisotopic (exact) mass is 592 g/mol. The van der Waals surface area contributed by atoms with E-state index in [1.165, 1.54) is 38.5 Å². The van der Waals surface area contributed by atoms with Crippen molar-refractivity contribution in [1.82, 2.24) is 0 Å². The van der Waals surface area contributed by atoms with E-state index in [1.807, 2.05) is 34.6 Å². The molecule has 0 heterocycles. The van der Waals surface area contributed by atoms with Gasteiger partial charge in [0.1, 0.15) is 6.29 Å². The third-order valence-corrected chi connectivity index (χ3v) is 4.91. The third-order valence-electron chi connectivity index (χ3n) is 4.91. The number of aliphatic carboxylic acids is 2. The van der Waals surface area contributed by atoms with Gasteiger partial charge in [0.15, 0.2) is 0 Å². The van der Waals surface area contributed by atoms with Gasteiger partial charge in [0.05, 0.1) is 13.2 Å². The molecular formula is C32H64O9. The second-order valence-corrected chi connectivity index (χ2v) is 9.18. The molecule has 0 rings (SSSR count). The first-order valence-corrected chi connectivity index (χ1v) is 15.8. The highest BCUT2D eigenvalue weighted by Crippen LogP contribution is 2.05. The molecule has 0 aromatic heterocycles. The highest BCUT2D eigenvalue weighted by Gasteiger charge is 1.99. The Labute approximate surface area is 251 Å². The average Bonchev–Trinajstić information content (AvgIpc) is 2.91. The minimum atomic E-state index is -0.711. The van der Waals surface area contributed by atoms with E-state index in [4.69, 9.17) is 14.9 Å². The number of unbranched alkanes of at least 4 members (excludes halogenated alkanes) is 9. The molecule has 0 atom stereocenters. The lowest BCUT2D eigenvalue weighted by atomic mass is 10.1. The predicted molar refractivity (Wildman–Crippen MR) is 166 cm³/mol. The zero-order valence-electron chi connectivity index (χ0n) is 27.5. The number of carbonyl (C=O) groups excluding carboxylic acids is 3. The van der Waals surface area contributed by atoms with E-state index < -0.39 is 11.9 Å². The zero-order chi connectivity index (χ0) is 32.6. The van der Waals surface area contributed by atoms with Crippen LogP contribution >= 0.6 is 0 Å². The third kappa shape index (κ3) is 72.7. The Balaban J connectivity index is -0.000000136. The molecule has 0 spiro atoms. The van der Waals surface area contributed by atoms with Gasteiger partial charge in [-0.1, -0.05) is 86.0 Å². The van der Waals surface area contributed by atoms with Gasteiger partial charge in [0.2, 0.25) is 0 Å². The topological polar surface area (TPSA) is 144 Å². The number of carboxylic acid groups (broad SMARTS) is 2. The van der Waals surface area contributed by atoms with Crippen molar-refractivity contribution >= 4 is 30.2 Å². The van der Waals surface area contributed by atoms with Crippen LogP contribution in [0.4, 0.5) is 0 Å². The molecular weight excluding hydrogens is 528 g/mol. The summed E-state index contributed by atoms with van der Waals surface area (Å²) in [5, 5.41) is 16.2. The van der Waals surface area contributed by atoms with Crippen LogP contribution in [0.5, 0.6) is 0 Å². The van der Waals surface area contributed by atoms with E-state index in [0.29, 0.717) is 45.3 Å². The first kappa shape index (κ1) is 48.3. The number of esters is 2. The van der Waals surface area contributed by atoms with Crippen LogP contribution in [0.3, 0.4) is 0 Å². The Hall–Kier alpha value is -2.45. The lowest BCUT2D eigenvalue weighted by Crippen LogP contribution is -2.02. The Morgan fingerprint density at radius 3 is 1.15 bits per heavy atom. The fourth-order valence-corrected chi connectivity index (χ4v) is 2.75. The molecule has 41 heavy (non-hydrogen) atoms. The number of aldehydes is 1. The van der Waals surface area contributed by atoms with Gasteiger partial charge in [0, 0.05) is 32.1 Å². The van der Waals surface area contributed by atoms with Gasteiger partial charge in [-0.05, 0) is 46.0 Å². The van der Waals surface area contributed by atoms with Crippen LogP contribution in [0, 0.1) is 0 Å². The SMILES string of the molecule is CCCC(=O)O.CCCC(=O)OCC.CCCC=O.CCCCCCCC(=O)O.CCCCCCCC(=O)OCC. The molecule has 0 saturated heterocycles. The highest BCUT2D eigenvalue weighted by atomic mass is 16.5. The van der Waals surface area contributed by atoms with Gasteiger partial charge in [-0.3, -0.25) is 19.2 Å². The molecule has 2 N–H and O–H groups in total. The van der Waals surface area contributed by atoms with Crippen molar-refractivity contribution in [2.24, 2.45) is 0 Å². The van der Waals surface area contributed by atoms with Crippen LogP contribution in [0.25, 0.3) is 0 Å². The number of carboxylic acids is 2. The molecule has 0 aromatic rings. The normalized spacial score (nSPS) is 9.05. The molecule has 0 radical (unpaired) electrons. The van der Waals surface area contributed by atoms with E-state index in [9.17, 15) is 24.0 Å². The maximum Gasteiger partial charge on any atom is 0.305 e. The molecule has 0 fully saturated rings. The quantitative estimate of drug-likeness (QED) is 0.0806. The summed E-state index contributed by atoms with van der Waals surface area (Å²) in [7, 11) is 0. The Morgan fingerprint density at radius 2 is 0.878 bits per heavy atom. The molecule has 9 heteroatoms. The van der Waals surface area contributed by atoms with E-state index in [1.54, 1.807) is 0 Å². The summed E-state index contributed by atoms with van der Waals surface area (Å²) in [6.07, 6.45) is 17.5. The van der Waals surface area contributed by atoms with Gasteiger partial charge in [-0.15, -0.1) is 0 Å². The van der Waals surface area contributed by atoms with Crippen LogP contribution < -0.4 is 0 Å². The fraction of sp³-hybridized carbons (Fsp3) is 0.844. The maximum atomic E-state index is 10.9. The molecule has 0 unspecified atom stereocenters. The van der Waals surface area contributed by atoms with Crippen molar-refractivity contribution in [2.75, 3.05) is 13.2 Å². The molecule has 0 saturated carbocycles. The van der Waals surface area contributed by atoms with Crippen LogP contribution in [-0.4, -0.2) is 53.6 Å². The smallest absolute Gasteiger partial charge is 0.305 e. The Morgan fingerprint density at radius 1 is 0.488 bits per heavy atom. The van der Waals surface area contributed by atoms with E-state index in [0.717, 1.165) is 51.2 Å². The standard InChI is InChI=1S/C10H20O2.C8H16O2.C6H12O2.C4H8O2.C4H8O/c1-3-5-6-7-8-9-10(11)12-4-2;1-2-3-4-5-6-7-8(9)10;1-3-5-6(7)8-4-2;1-2-3-4(5)6;1-2-3-4-5/h3-9H2,1-2H3;2-7H2,1H3,(H,9,10);3-5H2,1-2H3;2-3H2,1H3,(H,5,6);4H,2-3H2,1H3. The summed E-state index contributed by atoms with van der Waals surface area (Å²) < 4.78 is 9.45. The van der Waals surface area contributed by atoms with E-state index >= 15 is 0 Å². The van der Waals surface area contributed by atoms with Crippen molar-refractivity contribution in [3.05, 3.63) is 0 Å². The molecule has 0 bridgehead atoms. The van der Waals surface area contributed by atoms with Crippen LogP contribution in [0.1, 0.15) is 164 Å². The zero-order valence-corrected chi connectivity index (χ0v) is 27.5. The largest absolute Gasteiger partial charge is 0.481 e. The number of ether oxygens (including phenoxy) is 2. The van der Waals surface area contributed by atoms with E-state index in [2.05, 4.69) is 18.6 Å². The molecule has 9 nitrogen and oxygen atoms in total. The highest BCUT2D eigenvalue weighted by molar-refractivity contribution is 5.69. The van der Waals surface area contributed by atoms with Gasteiger partial charge < -0.3 is 24.5 Å². The molecule has 0 aliphatic carbocycles. The summed E-state index contributed by atoms with van der Waals surface area (Å²) in [5.74, 6) is -1.52. The van der Waals surface area contributed by atoms with Gasteiger partial charge in [-0.2, -0.15) is 0 Å². The van der Waals surface area contributed by atoms with Crippen LogP contribution in [0.2, 0.25) is 0 Å². The lowest BCUT2D eigenvalue weighted by molar-refractivity contribution is -0.144. The molecule has 0 aliphatic rings. The average molecular weight is 593 g/mol. The minimum absolute atomic E-state index is 0.0472. The number of carbonyl (C=O) groups is 5. The predicted octanol–water partition coefficient (Wildman–Crippen LogP) is 8.55. The van der Waals surface area contributed by atoms with Crippen molar-refractivity contribution in [3.63, 3.8) is 0 Å². The van der Waals surface area contributed by atoms with Crippen molar-refractivity contribution in [2.45, 2.75) is 164 Å². The van der Waals surface area contributed by atoms with Crippen molar-refractivity contribution in [3.8, 4) is 0 Å². The van der Waals surface area contributed by atoms with Crippen molar-refractivity contribution < 1.29 is 43.7 Å². The van der Waals surface area contributed by atoms with Gasteiger partial charge in [0.25, 0.3) is 0 Å². The number of rotatable bonds is 20. The molecule has 0 aliphatic heterocycles. The Kier molecular flexibility index (Phi) is 55.8. The second-order valence-electron chi connectivity index (χ2n) is 9.18. The summed E-state index contributed by atoms with van der Waals surface area (Å²) in [6, 6.07) is 0. The van der Waals surface area contributed by atoms with E-state index in [-0.39, 0.29) is 11.9 Å². The summed E-state index contributed by atoms with van der Waals surface area (Å²) in [6.45, 7) is 14.8. The summed E-state index contributed by atoms with van der Waals surface area (Å²) >= 11 is 0. The van der Waals surface area contributed by atoms with Gasteiger partial charge in [-0.25, -0.2) is 0 Å². The second kappa shape index (κ2) is 47.3. The fourth-order valence-electron chi connectivity index (χ4n) is 2.75. The molecule has 0 amide bonds. The maximum absolute atomic E-state index is 10.9. The number of hydrogen-bond acceptors (Lipinski definition) is 7. The first-order chi connectivity index (χ1) is 19.6. The molecule has 246 valence electrons. The Bertz CT molecular complexity index is 555. The van der Waals surface area contributed by atoms with Crippen molar-refractivity contribution in [1.29, 1.82) is 0 Å². The lowest BCUT2D eigenvalue weighted by Gasteiger charge is -2.00. The minimum Gasteiger partial charge on any atom is -0.481 e. The number of hydrogen-bond donors (Lipinski definition) is 2. The van der Waals surface area contributed by atoms with Crippen LogP contribution in [-0.2, 0) is 33.4 Å². The summed E-state index contributed by atoms with van der Waals surface area (Å²) in [4.78, 5) is 50.3. The van der Waals surface area contributed by atoms with Gasteiger partial charge >= 0.3 is 23.9 Å². The molecule has 0 aromatic carbocycles. The van der Waals surface area contributed by atoms with Crippen LogP contribution in [0.15, 0.2) is 0 Å². The summed E-state index contributed by atoms with van der Waals surface area (Å²) in [5.41, 5.74) is 0. The first-order valence-electron chi connectivity index (χ1n) is 15.8.